The Balaban J connectivity index is 2.33. The summed E-state index contributed by atoms with van der Waals surface area (Å²) in [5.74, 6) is -0.979. The molecule has 2 aromatic rings. The number of nitriles is 2. The second-order valence-corrected chi connectivity index (χ2v) is 5.69. The largest absolute Gasteiger partial charge is 0.497 e. The molecule has 0 amide bonds. The normalized spacial score (nSPS) is 11.4. The average molecular weight is 339 g/mol. The van der Waals surface area contributed by atoms with E-state index in [4.69, 9.17) is 16.3 Å². The SMILES string of the molecule is COc1cccc([C@@H](CC(=O)c2ccc(Cl)cc2)C(C#N)C#N)c1. The summed E-state index contributed by atoms with van der Waals surface area (Å²) in [5, 5.41) is 19.1. The molecule has 0 N–H and O–H groups in total. The Morgan fingerprint density at radius 2 is 1.83 bits per heavy atom. The molecule has 2 rings (SSSR count). The van der Waals surface area contributed by atoms with Crippen LogP contribution in [0.25, 0.3) is 0 Å². The zero-order valence-corrected chi connectivity index (χ0v) is 13.8. The molecule has 4 nitrogen and oxygen atoms in total. The molecule has 24 heavy (non-hydrogen) atoms. The van der Waals surface area contributed by atoms with Crippen LogP contribution in [0.4, 0.5) is 0 Å². The Kier molecular flexibility index (Phi) is 5.95. The number of rotatable bonds is 6. The van der Waals surface area contributed by atoms with E-state index in [2.05, 4.69) is 0 Å². The zero-order chi connectivity index (χ0) is 17.5. The first-order valence-electron chi connectivity index (χ1n) is 7.31. The van der Waals surface area contributed by atoms with Crippen molar-refractivity contribution in [3.05, 3.63) is 64.7 Å². The van der Waals surface area contributed by atoms with E-state index in [-0.39, 0.29) is 12.2 Å². The first-order valence-corrected chi connectivity index (χ1v) is 7.68. The molecule has 0 aliphatic rings. The van der Waals surface area contributed by atoms with E-state index in [1.54, 1.807) is 55.6 Å². The lowest BCUT2D eigenvalue weighted by atomic mass is 9.82. The molecule has 0 unspecified atom stereocenters. The summed E-state index contributed by atoms with van der Waals surface area (Å²) in [4.78, 5) is 12.5. The van der Waals surface area contributed by atoms with Crippen LogP contribution in [-0.2, 0) is 0 Å². The van der Waals surface area contributed by atoms with Gasteiger partial charge in [-0.1, -0.05) is 23.7 Å². The van der Waals surface area contributed by atoms with E-state index >= 15 is 0 Å². The van der Waals surface area contributed by atoms with E-state index in [9.17, 15) is 15.3 Å². The number of nitrogens with zero attached hydrogens (tertiary/aromatic N) is 2. The van der Waals surface area contributed by atoms with Crippen LogP contribution in [0.5, 0.6) is 5.75 Å². The number of hydrogen-bond acceptors (Lipinski definition) is 4. The molecule has 0 saturated heterocycles. The quantitative estimate of drug-likeness (QED) is 0.733. The van der Waals surface area contributed by atoms with E-state index in [1.807, 2.05) is 12.1 Å². The van der Waals surface area contributed by atoms with E-state index < -0.39 is 11.8 Å². The minimum atomic E-state index is -0.923. The van der Waals surface area contributed by atoms with Crippen LogP contribution in [0.1, 0.15) is 28.3 Å². The highest BCUT2D eigenvalue weighted by atomic mass is 35.5. The molecule has 0 aliphatic carbocycles. The molecule has 1 atom stereocenters. The number of halogens is 1. The smallest absolute Gasteiger partial charge is 0.163 e. The van der Waals surface area contributed by atoms with E-state index in [0.29, 0.717) is 16.3 Å². The highest BCUT2D eigenvalue weighted by Crippen LogP contribution is 2.31. The summed E-state index contributed by atoms with van der Waals surface area (Å²) < 4.78 is 5.19. The third kappa shape index (κ3) is 4.13. The number of carbonyl (C=O) groups excluding carboxylic acids is 1. The maximum atomic E-state index is 12.5. The molecule has 0 radical (unpaired) electrons. The summed E-state index contributed by atoms with van der Waals surface area (Å²) >= 11 is 5.84. The van der Waals surface area contributed by atoms with Gasteiger partial charge in [-0.15, -0.1) is 0 Å². The van der Waals surface area contributed by atoms with Gasteiger partial charge in [0.1, 0.15) is 11.7 Å². The van der Waals surface area contributed by atoms with Crippen molar-refractivity contribution in [2.45, 2.75) is 12.3 Å². The third-order valence-corrected chi connectivity index (χ3v) is 4.03. The van der Waals surface area contributed by atoms with E-state index in [0.717, 1.165) is 5.56 Å². The molecular weight excluding hydrogens is 324 g/mol. The van der Waals surface area contributed by atoms with Crippen LogP contribution in [0.2, 0.25) is 5.02 Å². The lowest BCUT2D eigenvalue weighted by Crippen LogP contribution is -2.15. The van der Waals surface area contributed by atoms with Crippen molar-refractivity contribution in [3.63, 3.8) is 0 Å². The molecule has 0 aliphatic heterocycles. The Bertz CT molecular complexity index is 789. The summed E-state index contributed by atoms with van der Waals surface area (Å²) in [6.45, 7) is 0. The van der Waals surface area contributed by atoms with Gasteiger partial charge in [-0.05, 0) is 42.0 Å². The molecule has 0 saturated carbocycles. The molecule has 0 bridgehead atoms. The van der Waals surface area contributed by atoms with Crippen molar-refractivity contribution < 1.29 is 9.53 Å². The van der Waals surface area contributed by atoms with Crippen molar-refractivity contribution >= 4 is 17.4 Å². The predicted molar refractivity (Wildman–Crippen MR) is 90.9 cm³/mol. The first kappa shape index (κ1) is 17.5. The molecular formula is C19H15ClN2O2. The van der Waals surface area contributed by atoms with Gasteiger partial charge in [0.25, 0.3) is 0 Å². The zero-order valence-electron chi connectivity index (χ0n) is 13.1. The second-order valence-electron chi connectivity index (χ2n) is 5.25. The number of ether oxygens (including phenoxy) is 1. The van der Waals surface area contributed by atoms with Crippen molar-refractivity contribution in [3.8, 4) is 17.9 Å². The lowest BCUT2D eigenvalue weighted by molar-refractivity contribution is 0.0970. The van der Waals surface area contributed by atoms with Gasteiger partial charge in [-0.25, -0.2) is 0 Å². The molecule has 0 spiro atoms. The van der Waals surface area contributed by atoms with Gasteiger partial charge in [0.05, 0.1) is 19.2 Å². The fourth-order valence-electron chi connectivity index (χ4n) is 2.46. The number of methoxy groups -OCH3 is 1. The maximum Gasteiger partial charge on any atom is 0.163 e. The van der Waals surface area contributed by atoms with Crippen LogP contribution in [0.3, 0.4) is 0 Å². The number of hydrogen-bond donors (Lipinski definition) is 0. The number of Topliss-reactive ketones (excluding diaryl/α,β-unsaturated/α-hetero) is 1. The van der Waals surface area contributed by atoms with Crippen LogP contribution in [0, 0.1) is 28.6 Å². The summed E-state index contributed by atoms with van der Waals surface area (Å²) in [6, 6.07) is 17.6. The van der Waals surface area contributed by atoms with Crippen LogP contribution >= 0.6 is 11.6 Å². The van der Waals surface area contributed by atoms with Crippen molar-refractivity contribution in [1.82, 2.24) is 0 Å². The highest BCUT2D eigenvalue weighted by molar-refractivity contribution is 6.30. The third-order valence-electron chi connectivity index (χ3n) is 3.77. The van der Waals surface area contributed by atoms with Gasteiger partial charge in [0, 0.05) is 22.9 Å². The Labute approximate surface area is 145 Å². The molecule has 120 valence electrons. The fourth-order valence-corrected chi connectivity index (χ4v) is 2.59. The molecule has 0 aromatic heterocycles. The van der Waals surface area contributed by atoms with Gasteiger partial charge >= 0.3 is 0 Å². The number of benzene rings is 2. The predicted octanol–water partition coefficient (Wildman–Crippen LogP) is 4.37. The monoisotopic (exact) mass is 338 g/mol. The standard InChI is InChI=1S/C19H15ClN2O2/c1-24-17-4-2-3-14(9-17)18(15(11-21)12-22)10-19(23)13-5-7-16(20)8-6-13/h2-9,15,18H,10H2,1H3/t18-/m1/s1. The minimum absolute atomic E-state index is 0.0561. The minimum Gasteiger partial charge on any atom is -0.497 e. The molecule has 5 heteroatoms. The summed E-state index contributed by atoms with van der Waals surface area (Å²) in [5.41, 5.74) is 1.23. The fraction of sp³-hybridized carbons (Fsp3) is 0.211. The van der Waals surface area contributed by atoms with Gasteiger partial charge in [0.15, 0.2) is 5.78 Å². The van der Waals surface area contributed by atoms with Gasteiger partial charge in [0.2, 0.25) is 0 Å². The maximum absolute atomic E-state index is 12.5. The van der Waals surface area contributed by atoms with Crippen molar-refractivity contribution in [2.75, 3.05) is 7.11 Å². The van der Waals surface area contributed by atoms with Crippen LogP contribution in [0.15, 0.2) is 48.5 Å². The van der Waals surface area contributed by atoms with E-state index in [1.165, 1.54) is 0 Å². The average Bonchev–Trinajstić information content (AvgIpc) is 2.62. The van der Waals surface area contributed by atoms with Crippen molar-refractivity contribution in [1.29, 1.82) is 10.5 Å². The topological polar surface area (TPSA) is 73.9 Å². The second kappa shape index (κ2) is 8.15. The van der Waals surface area contributed by atoms with Crippen LogP contribution < -0.4 is 4.74 Å². The van der Waals surface area contributed by atoms with Gasteiger partial charge < -0.3 is 4.74 Å². The molecule has 2 aromatic carbocycles. The lowest BCUT2D eigenvalue weighted by Gasteiger charge is -2.18. The molecule has 0 fully saturated rings. The number of ketones is 1. The molecule has 0 heterocycles. The highest BCUT2D eigenvalue weighted by Gasteiger charge is 2.26. The summed E-state index contributed by atoms with van der Waals surface area (Å²) in [7, 11) is 1.54. The summed E-state index contributed by atoms with van der Waals surface area (Å²) in [6.07, 6.45) is 0.0561. The van der Waals surface area contributed by atoms with Crippen LogP contribution in [-0.4, -0.2) is 12.9 Å². The first-order chi connectivity index (χ1) is 11.6. The number of carbonyl (C=O) groups is 1. The Morgan fingerprint density at radius 3 is 2.42 bits per heavy atom. The Morgan fingerprint density at radius 1 is 1.17 bits per heavy atom. The Hall–Kier alpha value is -2.82. The van der Waals surface area contributed by atoms with Gasteiger partial charge in [-0.3, -0.25) is 4.79 Å². The van der Waals surface area contributed by atoms with Crippen molar-refractivity contribution in [2.24, 2.45) is 5.92 Å². The van der Waals surface area contributed by atoms with Gasteiger partial charge in [-0.2, -0.15) is 10.5 Å².